The first-order chi connectivity index (χ1) is 22.1. The lowest BCUT2D eigenvalue weighted by Crippen LogP contribution is -2.45. The molecular weight excluding hydrogens is 733 g/mol. The monoisotopic (exact) mass is 804 g/mol. The first-order valence-electron chi connectivity index (χ1n) is 17.7. The lowest BCUT2D eigenvalue weighted by Gasteiger charge is -2.30. The van der Waals surface area contributed by atoms with Crippen molar-refractivity contribution in [2.24, 2.45) is 5.92 Å². The van der Waals surface area contributed by atoms with Crippen LogP contribution in [-0.2, 0) is 49.4 Å². The summed E-state index contributed by atoms with van der Waals surface area (Å²) in [4.78, 5) is 22.2. The van der Waals surface area contributed by atoms with Gasteiger partial charge in [-0.3, -0.25) is 9.59 Å². The van der Waals surface area contributed by atoms with Gasteiger partial charge in [-0.15, -0.1) is 0 Å². The van der Waals surface area contributed by atoms with Crippen LogP contribution in [0.5, 0.6) is 0 Å². The molecule has 0 aromatic heterocycles. The minimum Gasteiger partial charge on any atom is -0.458 e. The van der Waals surface area contributed by atoms with Crippen LogP contribution in [0.25, 0.3) is 0 Å². The predicted octanol–water partition coefficient (Wildman–Crippen LogP) is 6.13. The maximum Gasteiger partial charge on any atom is 0.499 e. The van der Waals surface area contributed by atoms with Crippen molar-refractivity contribution in [3.63, 3.8) is 0 Å². The molecule has 18 heteroatoms. The molecule has 2 rings (SSSR count). The summed E-state index contributed by atoms with van der Waals surface area (Å²) in [6.45, 7) is 29.4. The Balaban J connectivity index is 0.000000692. The van der Waals surface area contributed by atoms with E-state index in [9.17, 15) is 9.59 Å². The van der Waals surface area contributed by atoms with Crippen LogP contribution in [0, 0.1) is 5.92 Å². The lowest BCUT2D eigenvalue weighted by atomic mass is 10.0. The van der Waals surface area contributed by atoms with Gasteiger partial charge in [-0.05, 0) is 110 Å². The molecule has 2 fully saturated rings. The molecule has 48 heavy (non-hydrogen) atoms. The standard InChI is InChI=1S/C11H22O4Si2.C10H24O3Si2.C9H26O4Si3/c1-16(2)15-17(3,4)7-5-6-9-8-10(12)14-11(9)13;1-14(2)13-15(3,4)7-5-6-11-8-10-9-12-10;1-10-16(11-2,12-3)9-8-15(6,7)13-14(4)5/h9,16H,5-8H2,1-4H3;10,14H,5-9H2,1-4H3;14H,8-9H2,1-7H3. The highest BCUT2D eigenvalue weighted by Gasteiger charge is 2.40. The fourth-order valence-electron chi connectivity index (χ4n) is 5.60. The van der Waals surface area contributed by atoms with Gasteiger partial charge in [-0.25, -0.2) is 0 Å². The topological polar surface area (TPSA) is 121 Å². The van der Waals surface area contributed by atoms with Crippen molar-refractivity contribution in [2.75, 3.05) is 41.2 Å². The molecule has 0 aromatic rings. The highest BCUT2D eigenvalue weighted by molar-refractivity contribution is 6.79. The molecule has 0 N–H and O–H groups in total. The maximum absolute atomic E-state index is 11.3. The number of esters is 2. The molecule has 11 nitrogen and oxygen atoms in total. The summed E-state index contributed by atoms with van der Waals surface area (Å²) in [5.41, 5.74) is 0. The Bertz CT molecular complexity index is 892. The third-order valence-corrected chi connectivity index (χ3v) is 28.8. The zero-order valence-electron chi connectivity index (χ0n) is 33.2. The van der Waals surface area contributed by atoms with Crippen LogP contribution >= 0.6 is 0 Å². The SMILES string of the molecule is CO[Si](CC[Si](C)(C)O[SiH](C)C)(OC)OC.C[SiH](C)O[Si](C)(C)CCCC1CC(=O)OC1=O.C[SiH](C)O[Si](C)(C)CCCOCC1CO1. The van der Waals surface area contributed by atoms with E-state index in [0.29, 0.717) is 6.10 Å². The molecule has 0 radical (unpaired) electrons. The molecule has 2 aliphatic heterocycles. The highest BCUT2D eigenvalue weighted by atomic mass is 28.4. The van der Waals surface area contributed by atoms with Gasteiger partial charge in [0, 0.05) is 34.0 Å². The Kier molecular flexibility index (Phi) is 24.0. The zero-order valence-corrected chi connectivity index (χ0v) is 40.6. The van der Waals surface area contributed by atoms with Crippen molar-refractivity contribution in [1.29, 1.82) is 0 Å². The Morgan fingerprint density at radius 2 is 1.12 bits per heavy atom. The minimum absolute atomic E-state index is 0.205. The molecule has 2 heterocycles. The summed E-state index contributed by atoms with van der Waals surface area (Å²) in [5, 5.41) is 0. The second-order valence-electron chi connectivity index (χ2n) is 15.3. The number of ether oxygens (including phenoxy) is 3. The normalized spacial score (nSPS) is 18.5. The summed E-state index contributed by atoms with van der Waals surface area (Å²) in [5.74, 6) is -0.917. The third-order valence-electron chi connectivity index (χ3n) is 7.70. The van der Waals surface area contributed by atoms with Crippen molar-refractivity contribution in [2.45, 2.75) is 135 Å². The number of carbonyl (C=O) groups excluding carboxylic acids is 2. The minimum atomic E-state index is -2.41. The summed E-state index contributed by atoms with van der Waals surface area (Å²) in [7, 11) is -4.72. The number of hydrogen-bond acceptors (Lipinski definition) is 11. The van der Waals surface area contributed by atoms with Gasteiger partial charge >= 0.3 is 20.7 Å². The van der Waals surface area contributed by atoms with Crippen molar-refractivity contribution in [3.8, 4) is 0 Å². The quantitative estimate of drug-likeness (QED) is 0.0414. The Morgan fingerprint density at radius 3 is 1.50 bits per heavy atom. The van der Waals surface area contributed by atoms with Crippen LogP contribution in [-0.4, -0.2) is 120 Å². The second kappa shape index (κ2) is 23.8. The number of cyclic esters (lactones) is 2. The Morgan fingerprint density at radius 1 is 0.688 bits per heavy atom. The molecule has 0 aromatic carbocycles. The van der Waals surface area contributed by atoms with E-state index in [1.807, 2.05) is 0 Å². The van der Waals surface area contributed by atoms with E-state index >= 15 is 0 Å². The lowest BCUT2D eigenvalue weighted by molar-refractivity contribution is -0.153. The Labute approximate surface area is 302 Å². The van der Waals surface area contributed by atoms with Gasteiger partial charge in [-0.1, -0.05) is 6.42 Å². The van der Waals surface area contributed by atoms with Gasteiger partial charge in [0.25, 0.3) is 0 Å². The van der Waals surface area contributed by atoms with Gasteiger partial charge < -0.3 is 39.8 Å². The van der Waals surface area contributed by atoms with Crippen molar-refractivity contribution < 1.29 is 49.4 Å². The van der Waals surface area contributed by atoms with Crippen LogP contribution in [0.3, 0.4) is 0 Å². The molecule has 286 valence electrons. The molecular formula is C30H72O11Si7. The van der Waals surface area contributed by atoms with Gasteiger partial charge in [0.15, 0.2) is 52.1 Å². The van der Waals surface area contributed by atoms with E-state index in [-0.39, 0.29) is 24.3 Å². The number of rotatable bonds is 22. The molecule has 0 amide bonds. The molecule has 0 saturated carbocycles. The Hall–Kier alpha value is 0.338. The molecule has 2 unspecified atom stereocenters. The van der Waals surface area contributed by atoms with Crippen molar-refractivity contribution in [3.05, 3.63) is 0 Å². The number of hydrogen-bond donors (Lipinski definition) is 0. The van der Waals surface area contributed by atoms with Crippen LogP contribution in [0.2, 0.25) is 103 Å². The fourth-order valence-corrected chi connectivity index (χ4v) is 29.1. The second-order valence-corrected chi connectivity index (χ2v) is 39.6. The van der Waals surface area contributed by atoms with Gasteiger partial charge in [0.05, 0.1) is 25.6 Å². The molecule has 0 spiro atoms. The summed E-state index contributed by atoms with van der Waals surface area (Å²) in [6, 6.07) is 4.14. The first kappa shape index (κ1) is 48.3. The highest BCUT2D eigenvalue weighted by Crippen LogP contribution is 2.25. The van der Waals surface area contributed by atoms with E-state index in [0.717, 1.165) is 57.2 Å². The van der Waals surface area contributed by atoms with E-state index in [2.05, 4.69) is 83.3 Å². The number of carbonyl (C=O) groups is 2. The molecule has 2 saturated heterocycles. The van der Waals surface area contributed by atoms with Gasteiger partial charge in [0.2, 0.25) is 0 Å². The smallest absolute Gasteiger partial charge is 0.458 e. The average molecular weight is 805 g/mol. The summed E-state index contributed by atoms with van der Waals surface area (Å²) < 4.78 is 49.6. The predicted molar refractivity (Wildman–Crippen MR) is 212 cm³/mol. The van der Waals surface area contributed by atoms with Crippen LogP contribution < -0.4 is 0 Å². The summed E-state index contributed by atoms with van der Waals surface area (Å²) >= 11 is 0. The van der Waals surface area contributed by atoms with Gasteiger partial charge in [0.1, 0.15) is 6.10 Å². The average Bonchev–Trinajstić information content (AvgIpc) is 3.70. The van der Waals surface area contributed by atoms with Crippen LogP contribution in [0.4, 0.5) is 0 Å². The van der Waals surface area contributed by atoms with Crippen molar-refractivity contribution >= 4 is 72.8 Å². The van der Waals surface area contributed by atoms with E-state index in [1.165, 1.54) is 6.04 Å². The van der Waals surface area contributed by atoms with E-state index in [1.54, 1.807) is 21.3 Å². The maximum atomic E-state index is 11.3. The first-order valence-corrected chi connectivity index (χ1v) is 37.3. The molecule has 2 aliphatic rings. The largest absolute Gasteiger partial charge is 0.499 e. The molecule has 0 aliphatic carbocycles. The fraction of sp³-hybridized carbons (Fsp3) is 0.933. The zero-order chi connectivity index (χ0) is 37.2. The van der Waals surface area contributed by atoms with E-state index < -0.39 is 60.9 Å². The van der Waals surface area contributed by atoms with Crippen LogP contribution in [0.15, 0.2) is 0 Å². The van der Waals surface area contributed by atoms with Crippen LogP contribution in [0.1, 0.15) is 25.7 Å². The van der Waals surface area contributed by atoms with E-state index in [4.69, 9.17) is 35.1 Å². The molecule has 0 bridgehead atoms. The van der Waals surface area contributed by atoms with Gasteiger partial charge in [-0.2, -0.15) is 0 Å². The number of epoxide rings is 1. The molecule has 2 atom stereocenters. The summed E-state index contributed by atoms with van der Waals surface area (Å²) in [6.07, 6.45) is 3.50. The third kappa shape index (κ3) is 24.5. The van der Waals surface area contributed by atoms with Crippen molar-refractivity contribution in [1.82, 2.24) is 0 Å².